The minimum atomic E-state index is -1.64. The number of benzene rings is 2. The van der Waals surface area contributed by atoms with Crippen LogP contribution in [0.4, 0.5) is 0 Å². The molecule has 7 atom stereocenters. The van der Waals surface area contributed by atoms with Gasteiger partial charge in [0.05, 0.1) is 41.0 Å². The molecule has 4 N–H and O–H groups in total. The molecular weight excluding hydrogens is 660 g/mol. The van der Waals surface area contributed by atoms with Crippen LogP contribution in [0.2, 0.25) is 0 Å². The third-order valence-electron chi connectivity index (χ3n) is 8.23. The first-order chi connectivity index (χ1) is 24.0. The summed E-state index contributed by atoms with van der Waals surface area (Å²) in [5.41, 5.74) is 2.11. The van der Waals surface area contributed by atoms with Gasteiger partial charge in [0.1, 0.15) is 43.7 Å². The highest BCUT2D eigenvalue weighted by Gasteiger charge is 2.45. The number of rotatable bonds is 16. The fraction of sp³-hybridized carbons (Fsp3) is 0.486. The van der Waals surface area contributed by atoms with Crippen molar-refractivity contribution in [3.63, 3.8) is 0 Å². The van der Waals surface area contributed by atoms with E-state index in [1.165, 1.54) is 35.4 Å². The van der Waals surface area contributed by atoms with Crippen molar-refractivity contribution in [3.05, 3.63) is 59.2 Å². The molecule has 2 aliphatic rings. The van der Waals surface area contributed by atoms with Gasteiger partial charge in [0.25, 0.3) is 0 Å². The number of hydrogen-bond donors (Lipinski definition) is 4. The van der Waals surface area contributed by atoms with E-state index < -0.39 is 61.3 Å². The van der Waals surface area contributed by atoms with Gasteiger partial charge in [-0.2, -0.15) is 0 Å². The molecule has 2 heterocycles. The second-order valence-corrected chi connectivity index (χ2v) is 11.5. The highest BCUT2D eigenvalue weighted by Crippen LogP contribution is 2.53. The molecule has 15 heteroatoms. The molecule has 4 rings (SSSR count). The topological polar surface area (TPSA) is 198 Å². The molecule has 15 nitrogen and oxygen atoms in total. The van der Waals surface area contributed by atoms with Gasteiger partial charge in [-0.3, -0.25) is 4.79 Å². The number of carbonyl (C=O) groups is 2. The van der Waals surface area contributed by atoms with Gasteiger partial charge < -0.3 is 63.1 Å². The minimum Gasteiger partial charge on any atom is -0.493 e. The summed E-state index contributed by atoms with van der Waals surface area (Å²) in [6, 6.07) is 7.14. The van der Waals surface area contributed by atoms with Crippen LogP contribution in [0.15, 0.2) is 42.5 Å². The summed E-state index contributed by atoms with van der Waals surface area (Å²) in [7, 11) is 6.02. The lowest BCUT2D eigenvalue weighted by atomic mass is 9.90. The van der Waals surface area contributed by atoms with Gasteiger partial charge in [-0.25, -0.2) is 4.79 Å². The van der Waals surface area contributed by atoms with E-state index in [0.717, 1.165) is 0 Å². The molecule has 0 radical (unpaired) electrons. The van der Waals surface area contributed by atoms with E-state index in [0.29, 0.717) is 45.4 Å². The third-order valence-corrected chi connectivity index (χ3v) is 8.23. The molecule has 50 heavy (non-hydrogen) atoms. The zero-order chi connectivity index (χ0) is 36.5. The maximum absolute atomic E-state index is 12.0. The lowest BCUT2D eigenvalue weighted by molar-refractivity contribution is -0.299. The lowest BCUT2D eigenvalue weighted by Crippen LogP contribution is -2.59. The predicted molar refractivity (Wildman–Crippen MR) is 175 cm³/mol. The van der Waals surface area contributed by atoms with Crippen LogP contribution < -0.4 is 23.7 Å². The van der Waals surface area contributed by atoms with Crippen LogP contribution in [0.25, 0.3) is 6.08 Å². The fourth-order valence-electron chi connectivity index (χ4n) is 5.64. The molecule has 0 saturated carbocycles. The Morgan fingerprint density at radius 2 is 1.56 bits per heavy atom. The molecule has 274 valence electrons. The Labute approximate surface area is 289 Å². The minimum absolute atomic E-state index is 0.000201. The molecule has 1 fully saturated rings. The fourth-order valence-corrected chi connectivity index (χ4v) is 5.64. The smallest absolute Gasteiger partial charge is 0.333 e. The molecule has 0 unspecified atom stereocenters. The van der Waals surface area contributed by atoms with Crippen molar-refractivity contribution in [2.45, 2.75) is 56.1 Å². The number of carbonyl (C=O) groups excluding carboxylic acids is 2. The van der Waals surface area contributed by atoms with Crippen LogP contribution in [0.3, 0.4) is 0 Å². The normalized spacial score (nSPS) is 24.2. The number of ether oxygens (including phenoxy) is 9. The van der Waals surface area contributed by atoms with E-state index in [-0.39, 0.29) is 31.8 Å². The maximum atomic E-state index is 12.0. The Hall–Kier alpha value is -4.38. The maximum Gasteiger partial charge on any atom is 0.333 e. The molecule has 0 aliphatic carbocycles. The highest BCUT2D eigenvalue weighted by molar-refractivity contribution is 5.87. The Bertz CT molecular complexity index is 1510. The van der Waals surface area contributed by atoms with E-state index in [1.807, 2.05) is 6.07 Å². The number of aliphatic hydroxyl groups excluding tert-OH is 4. The SMILES string of the molecule is C=C(CCO)C(=O)OC[C@H]1O[C@H](OC/C=C/c2cc(OC)c3c(c2)[C@@H](COC(C)=O)[C@H](c2cc(OC)c(OC)c(OC)c2)O3)[C@H](O)[C@H](O)[C@H]1O. The summed E-state index contributed by atoms with van der Waals surface area (Å²) in [6.45, 7) is 4.01. The standard InChI is InChI=1S/C35H44O15/c1-18(9-10-36)34(41)48-17-27-28(38)29(39)30(40)35(49-27)46-11-7-8-20-12-22-23(16-47-19(2)37)31(50-32(22)24(13-20)42-3)21-14-25(43-4)33(45-6)26(15-21)44-5/h7-8,12-15,23,27-31,35-36,38-40H,1,9-11,16-17H2,2-6H3/b8-7+/t23-,27-,28+,29-,30-,31+,35+/m1/s1. The number of hydrogen-bond acceptors (Lipinski definition) is 15. The lowest BCUT2D eigenvalue weighted by Gasteiger charge is -2.39. The van der Waals surface area contributed by atoms with Crippen molar-refractivity contribution in [1.29, 1.82) is 0 Å². The molecule has 2 aliphatic heterocycles. The van der Waals surface area contributed by atoms with E-state index >= 15 is 0 Å². The van der Waals surface area contributed by atoms with E-state index in [2.05, 4.69) is 6.58 Å². The Morgan fingerprint density at radius 3 is 2.16 bits per heavy atom. The number of esters is 2. The second kappa shape index (κ2) is 17.5. The van der Waals surface area contributed by atoms with Gasteiger partial charge in [0.2, 0.25) is 5.75 Å². The van der Waals surface area contributed by atoms with Crippen LogP contribution in [0.5, 0.6) is 28.7 Å². The Balaban J connectivity index is 1.52. The van der Waals surface area contributed by atoms with Crippen LogP contribution >= 0.6 is 0 Å². The summed E-state index contributed by atoms with van der Waals surface area (Å²) < 4.78 is 50.5. The molecule has 1 saturated heterocycles. The largest absolute Gasteiger partial charge is 0.493 e. The molecule has 2 aromatic carbocycles. The van der Waals surface area contributed by atoms with Crippen molar-refractivity contribution in [3.8, 4) is 28.7 Å². The van der Waals surface area contributed by atoms with Crippen molar-refractivity contribution in [2.75, 3.05) is 54.9 Å². The quantitative estimate of drug-likeness (QED) is 0.146. The highest BCUT2D eigenvalue weighted by atomic mass is 16.7. The van der Waals surface area contributed by atoms with Crippen LogP contribution in [0.1, 0.15) is 42.1 Å². The molecular formula is C35H44O15. The molecule has 0 bridgehead atoms. The zero-order valence-electron chi connectivity index (χ0n) is 28.5. The summed E-state index contributed by atoms with van der Waals surface area (Å²) in [6.07, 6.45) is -4.63. The van der Waals surface area contributed by atoms with Crippen LogP contribution in [-0.2, 0) is 28.5 Å². The van der Waals surface area contributed by atoms with E-state index in [9.17, 15) is 24.9 Å². The van der Waals surface area contributed by atoms with Gasteiger partial charge in [0, 0.05) is 36.7 Å². The van der Waals surface area contributed by atoms with Gasteiger partial charge in [-0.15, -0.1) is 0 Å². The van der Waals surface area contributed by atoms with E-state index in [1.54, 1.807) is 30.4 Å². The van der Waals surface area contributed by atoms with Gasteiger partial charge in [-0.05, 0) is 29.8 Å². The van der Waals surface area contributed by atoms with Crippen molar-refractivity contribution < 1.29 is 72.6 Å². The first kappa shape index (κ1) is 38.4. The number of aliphatic hydroxyl groups is 4. The summed E-state index contributed by atoms with van der Waals surface area (Å²) in [4.78, 5) is 23.9. The van der Waals surface area contributed by atoms with Crippen LogP contribution in [-0.4, -0.2) is 118 Å². The van der Waals surface area contributed by atoms with E-state index in [4.69, 9.17) is 47.7 Å². The first-order valence-corrected chi connectivity index (χ1v) is 15.7. The Kier molecular flexibility index (Phi) is 13.5. The summed E-state index contributed by atoms with van der Waals surface area (Å²) in [5, 5.41) is 40.2. The molecule has 0 spiro atoms. The predicted octanol–water partition coefficient (Wildman–Crippen LogP) is 1.82. The molecule has 0 aromatic heterocycles. The average Bonchev–Trinajstić information content (AvgIpc) is 3.48. The first-order valence-electron chi connectivity index (χ1n) is 15.7. The summed E-state index contributed by atoms with van der Waals surface area (Å²) >= 11 is 0. The third kappa shape index (κ3) is 8.67. The average molecular weight is 705 g/mol. The van der Waals surface area contributed by atoms with Gasteiger partial charge in [-0.1, -0.05) is 18.7 Å². The van der Waals surface area contributed by atoms with Gasteiger partial charge in [0.15, 0.2) is 29.3 Å². The number of methoxy groups -OCH3 is 4. The monoisotopic (exact) mass is 704 g/mol. The zero-order valence-corrected chi connectivity index (χ0v) is 28.5. The second-order valence-electron chi connectivity index (χ2n) is 11.5. The summed E-state index contributed by atoms with van der Waals surface area (Å²) in [5.74, 6) is 0.440. The van der Waals surface area contributed by atoms with Crippen molar-refractivity contribution in [1.82, 2.24) is 0 Å². The van der Waals surface area contributed by atoms with Crippen molar-refractivity contribution >= 4 is 18.0 Å². The molecule has 2 aromatic rings. The number of fused-ring (bicyclic) bond motifs is 1. The molecule has 0 amide bonds. The van der Waals surface area contributed by atoms with Crippen molar-refractivity contribution in [2.24, 2.45) is 0 Å². The van der Waals surface area contributed by atoms with Crippen LogP contribution in [0, 0.1) is 0 Å². The Morgan fingerprint density at radius 1 is 0.880 bits per heavy atom. The van der Waals surface area contributed by atoms with Gasteiger partial charge >= 0.3 is 11.9 Å².